The summed E-state index contributed by atoms with van der Waals surface area (Å²) in [5.41, 5.74) is 7.89. The van der Waals surface area contributed by atoms with E-state index >= 15 is 0 Å². The van der Waals surface area contributed by atoms with Gasteiger partial charge in [-0.25, -0.2) is 4.98 Å². The summed E-state index contributed by atoms with van der Waals surface area (Å²) in [6.07, 6.45) is 1.55. The van der Waals surface area contributed by atoms with Crippen LogP contribution in [0.5, 0.6) is 5.75 Å². The molecule has 1 aromatic carbocycles. The second kappa shape index (κ2) is 5.45. The fourth-order valence-corrected chi connectivity index (χ4v) is 2.26. The summed E-state index contributed by atoms with van der Waals surface area (Å²) in [6, 6.07) is 5.58. The Morgan fingerprint density at radius 2 is 2.24 bits per heavy atom. The van der Waals surface area contributed by atoms with Crippen molar-refractivity contribution in [1.82, 2.24) is 19.9 Å². The number of nitrogens with one attached hydrogen (secondary N) is 2. The molecule has 8 heteroatoms. The van der Waals surface area contributed by atoms with Gasteiger partial charge in [0.25, 0.3) is 0 Å². The van der Waals surface area contributed by atoms with Crippen molar-refractivity contribution in [2.45, 2.75) is 6.54 Å². The van der Waals surface area contributed by atoms with Gasteiger partial charge in [0.05, 0.1) is 18.5 Å². The third kappa shape index (κ3) is 2.68. The number of ether oxygens (including phenoxy) is 1. The van der Waals surface area contributed by atoms with Crippen molar-refractivity contribution in [3.05, 3.63) is 35.1 Å². The molecule has 108 valence electrons. The largest absolute Gasteiger partial charge is 0.495 e. The van der Waals surface area contributed by atoms with Gasteiger partial charge in [0.15, 0.2) is 11.5 Å². The number of fused-ring (bicyclic) bond motifs is 1. The minimum Gasteiger partial charge on any atom is -0.495 e. The maximum Gasteiger partial charge on any atom is 0.224 e. The predicted molar refractivity (Wildman–Crippen MR) is 81.4 cm³/mol. The van der Waals surface area contributed by atoms with E-state index in [4.69, 9.17) is 22.1 Å². The van der Waals surface area contributed by atoms with Gasteiger partial charge < -0.3 is 20.8 Å². The van der Waals surface area contributed by atoms with Crippen LogP contribution in [0.1, 0.15) is 5.56 Å². The summed E-state index contributed by atoms with van der Waals surface area (Å²) < 4.78 is 5.12. The topological polar surface area (TPSA) is 102 Å². The maximum absolute atomic E-state index is 6.10. The lowest BCUT2D eigenvalue weighted by Crippen LogP contribution is -2.05. The Morgan fingerprint density at radius 1 is 1.38 bits per heavy atom. The summed E-state index contributed by atoms with van der Waals surface area (Å²) >= 11 is 6.10. The molecule has 3 aromatic rings. The van der Waals surface area contributed by atoms with Crippen LogP contribution < -0.4 is 15.8 Å². The lowest BCUT2D eigenvalue weighted by Gasteiger charge is -2.09. The van der Waals surface area contributed by atoms with Crippen molar-refractivity contribution in [3.63, 3.8) is 0 Å². The molecule has 21 heavy (non-hydrogen) atoms. The van der Waals surface area contributed by atoms with Crippen molar-refractivity contribution in [2.75, 3.05) is 18.2 Å². The summed E-state index contributed by atoms with van der Waals surface area (Å²) in [7, 11) is 1.58. The van der Waals surface area contributed by atoms with E-state index in [2.05, 4.69) is 25.3 Å². The molecular weight excluding hydrogens is 292 g/mol. The highest BCUT2D eigenvalue weighted by molar-refractivity contribution is 6.32. The second-order valence-corrected chi connectivity index (χ2v) is 4.76. The highest BCUT2D eigenvalue weighted by Crippen LogP contribution is 2.25. The minimum atomic E-state index is 0.171. The Hall–Kier alpha value is -2.54. The van der Waals surface area contributed by atoms with Crippen molar-refractivity contribution in [1.29, 1.82) is 0 Å². The number of benzene rings is 1. The van der Waals surface area contributed by atoms with Gasteiger partial charge in [-0.15, -0.1) is 0 Å². The summed E-state index contributed by atoms with van der Waals surface area (Å²) in [6.45, 7) is 0.536. The lowest BCUT2D eigenvalue weighted by molar-refractivity contribution is 0.415. The highest BCUT2D eigenvalue weighted by Gasteiger charge is 2.08. The highest BCUT2D eigenvalue weighted by atomic mass is 35.5. The standard InChI is InChI=1S/C13H13ClN6O/c1-21-9-3-2-7(4-8(9)14)5-16-11-10-12(18-6-17-10)20-13(15)19-11/h2-4,6H,5H2,1H3,(H4,15,16,17,18,19,20). The molecule has 0 amide bonds. The van der Waals surface area contributed by atoms with Crippen molar-refractivity contribution in [3.8, 4) is 5.75 Å². The van der Waals surface area contributed by atoms with Gasteiger partial charge in [0, 0.05) is 6.54 Å². The monoisotopic (exact) mass is 304 g/mol. The van der Waals surface area contributed by atoms with E-state index in [-0.39, 0.29) is 5.95 Å². The quantitative estimate of drug-likeness (QED) is 0.683. The van der Waals surface area contributed by atoms with Gasteiger partial charge >= 0.3 is 0 Å². The van der Waals surface area contributed by atoms with E-state index in [9.17, 15) is 0 Å². The van der Waals surface area contributed by atoms with E-state index < -0.39 is 0 Å². The predicted octanol–water partition coefficient (Wildman–Crippen LogP) is 2.21. The number of nitrogens with zero attached hydrogens (tertiary/aromatic N) is 3. The average Bonchev–Trinajstić information content (AvgIpc) is 2.93. The molecular formula is C13H13ClN6O. The number of aromatic amines is 1. The molecule has 0 saturated carbocycles. The van der Waals surface area contributed by atoms with Gasteiger partial charge in [-0.05, 0) is 17.7 Å². The SMILES string of the molecule is COc1ccc(CNc2nc(N)nc3nc[nH]c23)cc1Cl. The molecule has 3 rings (SSSR count). The second-order valence-electron chi connectivity index (χ2n) is 4.35. The van der Waals surface area contributed by atoms with Gasteiger partial charge in [-0.2, -0.15) is 9.97 Å². The number of H-pyrrole nitrogens is 1. The first-order valence-corrected chi connectivity index (χ1v) is 6.58. The first kappa shape index (κ1) is 13.4. The molecule has 0 aliphatic rings. The third-order valence-corrected chi connectivity index (χ3v) is 3.27. The third-order valence-electron chi connectivity index (χ3n) is 2.98. The Kier molecular flexibility index (Phi) is 3.49. The number of hydrogen-bond donors (Lipinski definition) is 3. The number of hydrogen-bond acceptors (Lipinski definition) is 6. The number of nitrogen functional groups attached to an aromatic ring is 1. The summed E-state index contributed by atoms with van der Waals surface area (Å²) in [5, 5.41) is 3.75. The molecule has 0 unspecified atom stereocenters. The molecule has 2 heterocycles. The van der Waals surface area contributed by atoms with Crippen LogP contribution in [0.2, 0.25) is 5.02 Å². The molecule has 0 saturated heterocycles. The number of anilines is 2. The number of methoxy groups -OCH3 is 1. The zero-order valence-electron chi connectivity index (χ0n) is 11.2. The van der Waals surface area contributed by atoms with Crippen molar-refractivity contribution in [2.24, 2.45) is 0 Å². The van der Waals surface area contributed by atoms with Crippen molar-refractivity contribution >= 4 is 34.5 Å². The summed E-state index contributed by atoms with van der Waals surface area (Å²) in [4.78, 5) is 15.3. The molecule has 0 spiro atoms. The smallest absolute Gasteiger partial charge is 0.224 e. The van der Waals surface area contributed by atoms with E-state index in [1.165, 1.54) is 0 Å². The number of aromatic nitrogens is 4. The van der Waals surface area contributed by atoms with Crippen LogP contribution in [0.15, 0.2) is 24.5 Å². The van der Waals surface area contributed by atoms with Gasteiger partial charge in [-0.3, -0.25) is 0 Å². The van der Waals surface area contributed by atoms with Crippen LogP contribution in [0.25, 0.3) is 11.2 Å². The molecule has 2 aromatic heterocycles. The Labute approximate surface area is 125 Å². The molecule has 4 N–H and O–H groups in total. The fraction of sp³-hybridized carbons (Fsp3) is 0.154. The summed E-state index contributed by atoms with van der Waals surface area (Å²) in [5.74, 6) is 1.41. The zero-order valence-corrected chi connectivity index (χ0v) is 12.0. The van der Waals surface area contributed by atoms with Crippen LogP contribution in [-0.2, 0) is 6.54 Å². The average molecular weight is 305 g/mol. The van der Waals surface area contributed by atoms with Crippen molar-refractivity contribution < 1.29 is 4.74 Å². The van der Waals surface area contributed by atoms with E-state index in [1.807, 2.05) is 18.2 Å². The van der Waals surface area contributed by atoms with Gasteiger partial charge in [0.2, 0.25) is 5.95 Å². The zero-order chi connectivity index (χ0) is 14.8. The molecule has 0 radical (unpaired) electrons. The van der Waals surface area contributed by atoms with Crippen LogP contribution in [-0.4, -0.2) is 27.0 Å². The molecule has 0 fully saturated rings. The Bertz CT molecular complexity index is 787. The fourth-order valence-electron chi connectivity index (χ4n) is 1.98. The maximum atomic E-state index is 6.10. The first-order chi connectivity index (χ1) is 10.2. The molecule has 0 aliphatic carbocycles. The molecule has 0 atom stereocenters. The van der Waals surface area contributed by atoms with Crippen LogP contribution in [0.4, 0.5) is 11.8 Å². The van der Waals surface area contributed by atoms with Crippen LogP contribution in [0.3, 0.4) is 0 Å². The normalized spacial score (nSPS) is 10.8. The molecule has 0 bridgehead atoms. The van der Waals surface area contributed by atoms with E-state index in [0.717, 1.165) is 5.56 Å². The van der Waals surface area contributed by atoms with Gasteiger partial charge in [0.1, 0.15) is 11.3 Å². The number of imidazole rings is 1. The number of nitrogens with two attached hydrogens (primary N) is 1. The minimum absolute atomic E-state index is 0.171. The van der Waals surface area contributed by atoms with E-state index in [0.29, 0.717) is 34.3 Å². The molecule has 0 aliphatic heterocycles. The first-order valence-electron chi connectivity index (χ1n) is 6.20. The Balaban J connectivity index is 1.83. The van der Waals surface area contributed by atoms with Gasteiger partial charge in [-0.1, -0.05) is 17.7 Å². The van der Waals surface area contributed by atoms with E-state index in [1.54, 1.807) is 13.4 Å². The lowest BCUT2D eigenvalue weighted by atomic mass is 10.2. The number of rotatable bonds is 4. The number of halogens is 1. The Morgan fingerprint density at radius 3 is 3.00 bits per heavy atom. The van der Waals surface area contributed by atoms with Crippen LogP contribution in [0, 0.1) is 0 Å². The molecule has 7 nitrogen and oxygen atoms in total. The van der Waals surface area contributed by atoms with Crippen LogP contribution >= 0.6 is 11.6 Å².